The number of ether oxygens (including phenoxy) is 2. The van der Waals surface area contributed by atoms with Crippen molar-refractivity contribution >= 4 is 11.8 Å². The van der Waals surface area contributed by atoms with Gasteiger partial charge in [0.25, 0.3) is 11.8 Å². The van der Waals surface area contributed by atoms with Crippen molar-refractivity contribution in [1.82, 2.24) is 15.3 Å². The van der Waals surface area contributed by atoms with Crippen LogP contribution in [0.15, 0.2) is 48.5 Å². The van der Waals surface area contributed by atoms with Crippen LogP contribution in [0.4, 0.5) is 0 Å². The zero-order valence-corrected chi connectivity index (χ0v) is 19.3. The lowest BCUT2D eigenvalue weighted by molar-refractivity contribution is -0.144. The Balaban J connectivity index is 1.63. The van der Waals surface area contributed by atoms with E-state index in [-0.39, 0.29) is 17.7 Å². The Kier molecular flexibility index (Phi) is 8.14. The van der Waals surface area contributed by atoms with E-state index in [9.17, 15) is 14.9 Å². The molecule has 0 radical (unpaired) electrons. The SMILES string of the molecule is CC(C)[C@H](NC(=O)c1ccc2c(c1)OCCO2)C(=O)N(C)N(C#N)CCCc1ccccc1. The van der Waals surface area contributed by atoms with Crippen molar-refractivity contribution in [3.05, 3.63) is 59.7 Å². The summed E-state index contributed by atoms with van der Waals surface area (Å²) in [6.45, 7) is 4.99. The molecule has 0 spiro atoms. The number of fused-ring (bicyclic) bond motifs is 1. The summed E-state index contributed by atoms with van der Waals surface area (Å²) in [4.78, 5) is 26.1. The van der Waals surface area contributed by atoms with Crippen molar-refractivity contribution in [2.24, 2.45) is 5.92 Å². The molecule has 0 unspecified atom stereocenters. The van der Waals surface area contributed by atoms with E-state index in [1.165, 1.54) is 15.6 Å². The first kappa shape index (κ1) is 23.9. The second-order valence-corrected chi connectivity index (χ2v) is 8.23. The number of nitrogens with zero attached hydrogens (tertiary/aromatic N) is 3. The molecule has 33 heavy (non-hydrogen) atoms. The van der Waals surface area contributed by atoms with Crippen LogP contribution >= 0.6 is 0 Å². The number of hydrogen-bond donors (Lipinski definition) is 1. The Morgan fingerprint density at radius 2 is 1.79 bits per heavy atom. The van der Waals surface area contributed by atoms with Gasteiger partial charge in [-0.25, -0.2) is 10.0 Å². The molecule has 0 aromatic heterocycles. The third-order valence-electron chi connectivity index (χ3n) is 5.50. The number of carbonyl (C=O) groups excluding carboxylic acids is 2. The minimum atomic E-state index is -0.791. The van der Waals surface area contributed by atoms with Gasteiger partial charge in [0, 0.05) is 12.6 Å². The van der Waals surface area contributed by atoms with E-state index < -0.39 is 6.04 Å². The van der Waals surface area contributed by atoms with Crippen LogP contribution in [0.25, 0.3) is 0 Å². The molecule has 174 valence electrons. The quantitative estimate of drug-likeness (QED) is 0.359. The number of nitriles is 1. The molecule has 0 fully saturated rings. The predicted octanol–water partition coefficient (Wildman–Crippen LogP) is 3.00. The monoisotopic (exact) mass is 450 g/mol. The number of aryl methyl sites for hydroxylation is 1. The molecule has 8 heteroatoms. The first-order valence-corrected chi connectivity index (χ1v) is 11.1. The molecule has 3 rings (SSSR count). The Morgan fingerprint density at radius 1 is 1.09 bits per heavy atom. The molecule has 1 aliphatic heterocycles. The molecule has 0 bridgehead atoms. The van der Waals surface area contributed by atoms with E-state index in [1.54, 1.807) is 25.2 Å². The molecular formula is C25H30N4O4. The van der Waals surface area contributed by atoms with E-state index in [0.29, 0.717) is 43.2 Å². The highest BCUT2D eigenvalue weighted by Crippen LogP contribution is 2.30. The zero-order valence-electron chi connectivity index (χ0n) is 19.3. The van der Waals surface area contributed by atoms with Gasteiger partial charge in [0.05, 0.1) is 6.54 Å². The number of nitrogens with one attached hydrogen (secondary N) is 1. The summed E-state index contributed by atoms with van der Waals surface area (Å²) in [5.41, 5.74) is 1.55. The van der Waals surface area contributed by atoms with E-state index in [4.69, 9.17) is 9.47 Å². The average Bonchev–Trinajstić information content (AvgIpc) is 2.84. The number of hydrazine groups is 1. The van der Waals surface area contributed by atoms with Crippen LogP contribution < -0.4 is 14.8 Å². The van der Waals surface area contributed by atoms with Gasteiger partial charge in [-0.2, -0.15) is 5.26 Å². The highest BCUT2D eigenvalue weighted by atomic mass is 16.6. The summed E-state index contributed by atoms with van der Waals surface area (Å²) in [7, 11) is 1.56. The molecule has 2 amide bonds. The zero-order chi connectivity index (χ0) is 23.8. The summed E-state index contributed by atoms with van der Waals surface area (Å²) in [5, 5.41) is 15.0. The lowest BCUT2D eigenvalue weighted by Gasteiger charge is -2.32. The Bertz CT molecular complexity index is 1000. The summed E-state index contributed by atoms with van der Waals surface area (Å²) in [5.74, 6) is 0.185. The fraction of sp³-hybridized carbons (Fsp3) is 0.400. The van der Waals surface area contributed by atoms with Crippen molar-refractivity contribution < 1.29 is 19.1 Å². The van der Waals surface area contributed by atoms with Gasteiger partial charge in [0.1, 0.15) is 19.3 Å². The smallest absolute Gasteiger partial charge is 0.264 e. The van der Waals surface area contributed by atoms with Crippen molar-refractivity contribution in [2.75, 3.05) is 26.8 Å². The third-order valence-corrected chi connectivity index (χ3v) is 5.50. The van der Waals surface area contributed by atoms with Crippen LogP contribution in [0.5, 0.6) is 11.5 Å². The van der Waals surface area contributed by atoms with Crippen molar-refractivity contribution in [3.8, 4) is 17.7 Å². The normalized spacial score (nSPS) is 13.1. The fourth-order valence-corrected chi connectivity index (χ4v) is 3.59. The summed E-state index contributed by atoms with van der Waals surface area (Å²) < 4.78 is 11.0. The molecule has 1 heterocycles. The number of benzene rings is 2. The molecular weight excluding hydrogens is 420 g/mol. The number of hydrogen-bond acceptors (Lipinski definition) is 6. The first-order valence-electron chi connectivity index (χ1n) is 11.1. The van der Waals surface area contributed by atoms with E-state index in [2.05, 4.69) is 11.5 Å². The van der Waals surface area contributed by atoms with Gasteiger partial charge < -0.3 is 14.8 Å². The molecule has 1 atom stereocenters. The first-order chi connectivity index (χ1) is 15.9. The molecule has 1 aliphatic rings. The number of amides is 2. The fourth-order valence-electron chi connectivity index (χ4n) is 3.59. The van der Waals surface area contributed by atoms with Gasteiger partial charge >= 0.3 is 0 Å². The Labute approximate surface area is 194 Å². The molecule has 2 aromatic rings. The standard InChI is InChI=1S/C25H30N4O4/c1-18(2)23(27-24(30)20-11-12-21-22(16-20)33-15-14-32-21)25(31)28(3)29(17-26)13-7-10-19-8-5-4-6-9-19/h4-6,8-9,11-12,16,18,23H,7,10,13-15H2,1-3H3,(H,27,30)/t23-/m0/s1. The predicted molar refractivity (Wildman–Crippen MR) is 123 cm³/mol. The largest absolute Gasteiger partial charge is 0.486 e. The average molecular weight is 451 g/mol. The van der Waals surface area contributed by atoms with Crippen LogP contribution in [0, 0.1) is 17.4 Å². The minimum Gasteiger partial charge on any atom is -0.486 e. The van der Waals surface area contributed by atoms with Gasteiger partial charge in [-0.05, 0) is 42.5 Å². The maximum Gasteiger partial charge on any atom is 0.264 e. The van der Waals surface area contributed by atoms with Crippen LogP contribution in [0.2, 0.25) is 0 Å². The summed E-state index contributed by atoms with van der Waals surface area (Å²) in [6.07, 6.45) is 3.59. The number of rotatable bonds is 9. The van der Waals surface area contributed by atoms with Crippen molar-refractivity contribution in [2.45, 2.75) is 32.7 Å². The number of likely N-dealkylation sites (N-methyl/N-ethyl adjacent to an activating group) is 1. The van der Waals surface area contributed by atoms with E-state index in [1.807, 2.05) is 44.2 Å². The van der Waals surface area contributed by atoms with Crippen LogP contribution in [-0.2, 0) is 11.2 Å². The van der Waals surface area contributed by atoms with Gasteiger partial charge in [0.2, 0.25) is 0 Å². The molecule has 1 N–H and O–H groups in total. The second-order valence-electron chi connectivity index (χ2n) is 8.23. The van der Waals surface area contributed by atoms with E-state index >= 15 is 0 Å². The molecule has 0 saturated heterocycles. The molecule has 0 aliphatic carbocycles. The minimum absolute atomic E-state index is 0.175. The summed E-state index contributed by atoms with van der Waals surface area (Å²) >= 11 is 0. The Morgan fingerprint density at radius 3 is 2.45 bits per heavy atom. The topological polar surface area (TPSA) is 94.9 Å². The van der Waals surface area contributed by atoms with Gasteiger partial charge in [-0.1, -0.05) is 44.2 Å². The van der Waals surface area contributed by atoms with Crippen LogP contribution in [0.3, 0.4) is 0 Å². The Hall–Kier alpha value is -3.73. The number of carbonyl (C=O) groups is 2. The molecule has 2 aromatic carbocycles. The highest BCUT2D eigenvalue weighted by Gasteiger charge is 2.30. The second kappa shape index (κ2) is 11.2. The molecule has 0 saturated carbocycles. The van der Waals surface area contributed by atoms with E-state index in [0.717, 1.165) is 6.42 Å². The van der Waals surface area contributed by atoms with Gasteiger partial charge in [-0.3, -0.25) is 9.59 Å². The maximum absolute atomic E-state index is 13.2. The van der Waals surface area contributed by atoms with Crippen LogP contribution in [-0.4, -0.2) is 54.7 Å². The highest BCUT2D eigenvalue weighted by molar-refractivity contribution is 5.98. The third kappa shape index (κ3) is 6.16. The van der Waals surface area contributed by atoms with Crippen molar-refractivity contribution in [3.63, 3.8) is 0 Å². The maximum atomic E-state index is 13.2. The molecule has 8 nitrogen and oxygen atoms in total. The van der Waals surface area contributed by atoms with Gasteiger partial charge in [0.15, 0.2) is 17.7 Å². The van der Waals surface area contributed by atoms with Crippen LogP contribution in [0.1, 0.15) is 36.2 Å². The van der Waals surface area contributed by atoms with Crippen molar-refractivity contribution in [1.29, 1.82) is 5.26 Å². The van der Waals surface area contributed by atoms with Gasteiger partial charge in [-0.15, -0.1) is 0 Å². The lowest BCUT2D eigenvalue weighted by Crippen LogP contribution is -2.54. The lowest BCUT2D eigenvalue weighted by atomic mass is 10.0. The summed E-state index contributed by atoms with van der Waals surface area (Å²) in [6, 6.07) is 14.1.